The summed E-state index contributed by atoms with van der Waals surface area (Å²) in [7, 11) is 0. The van der Waals surface area contributed by atoms with Crippen LogP contribution in [-0.2, 0) is 4.84 Å². The minimum absolute atomic E-state index is 0.325. The average molecular weight is 208 g/mol. The fourth-order valence-corrected chi connectivity index (χ4v) is 0.921. The van der Waals surface area contributed by atoms with Crippen LogP contribution in [0.15, 0.2) is 18.2 Å². The van der Waals surface area contributed by atoms with Gasteiger partial charge in [0.1, 0.15) is 5.69 Å². The summed E-state index contributed by atoms with van der Waals surface area (Å²) in [6, 6.07) is 5.27. The van der Waals surface area contributed by atoms with Crippen molar-refractivity contribution in [3.05, 3.63) is 29.6 Å². The maximum absolute atomic E-state index is 11.5. The van der Waals surface area contributed by atoms with Crippen LogP contribution in [0.2, 0.25) is 0 Å². The van der Waals surface area contributed by atoms with Crippen LogP contribution in [0.3, 0.4) is 0 Å². The predicted octanol–water partition coefficient (Wildman–Crippen LogP) is 1.85. The Kier molecular flexibility index (Phi) is 3.42. The molecule has 0 aliphatic heterocycles. The van der Waals surface area contributed by atoms with Crippen molar-refractivity contribution in [1.82, 2.24) is 10.5 Å². The number of amides is 1. The first-order valence-electron chi connectivity index (χ1n) is 4.80. The fraction of sp³-hybridized carbons (Fsp3) is 0.455. The molecule has 0 aromatic carbocycles. The Bertz CT molecular complexity index is 356. The summed E-state index contributed by atoms with van der Waals surface area (Å²) in [5, 5.41) is 0. The lowest BCUT2D eigenvalue weighted by molar-refractivity contribution is -0.0591. The summed E-state index contributed by atoms with van der Waals surface area (Å²) in [6.07, 6.45) is 0. The number of rotatable bonds is 2. The van der Waals surface area contributed by atoms with Crippen molar-refractivity contribution in [3.63, 3.8) is 0 Å². The first-order chi connectivity index (χ1) is 6.88. The van der Waals surface area contributed by atoms with E-state index in [-0.39, 0.29) is 5.91 Å². The summed E-state index contributed by atoms with van der Waals surface area (Å²) < 4.78 is 0. The van der Waals surface area contributed by atoms with Crippen LogP contribution in [-0.4, -0.2) is 16.5 Å². The molecule has 0 saturated heterocycles. The van der Waals surface area contributed by atoms with Crippen LogP contribution in [0, 0.1) is 6.92 Å². The van der Waals surface area contributed by atoms with Gasteiger partial charge in [-0.25, -0.2) is 10.5 Å². The molecule has 1 aromatic heterocycles. The van der Waals surface area contributed by atoms with Gasteiger partial charge >= 0.3 is 0 Å². The van der Waals surface area contributed by atoms with Gasteiger partial charge in [0.25, 0.3) is 5.91 Å². The standard InChI is InChI=1S/C11H16N2O2/c1-8-6-5-7-9(12-8)10(14)13-15-11(2,3)4/h5-7H,1-4H3,(H,13,14). The molecule has 0 saturated carbocycles. The van der Waals surface area contributed by atoms with Gasteiger partial charge in [-0.2, -0.15) is 0 Å². The highest BCUT2D eigenvalue weighted by atomic mass is 16.7. The molecular formula is C11H16N2O2. The number of carbonyl (C=O) groups is 1. The third kappa shape index (κ3) is 4.08. The van der Waals surface area contributed by atoms with E-state index in [4.69, 9.17) is 4.84 Å². The van der Waals surface area contributed by atoms with Crippen molar-refractivity contribution in [2.75, 3.05) is 0 Å². The van der Waals surface area contributed by atoms with E-state index >= 15 is 0 Å². The van der Waals surface area contributed by atoms with Crippen LogP contribution in [0.4, 0.5) is 0 Å². The Morgan fingerprint density at radius 3 is 2.60 bits per heavy atom. The first-order valence-corrected chi connectivity index (χ1v) is 4.80. The molecule has 0 bridgehead atoms. The predicted molar refractivity (Wildman–Crippen MR) is 57.3 cm³/mol. The van der Waals surface area contributed by atoms with Gasteiger partial charge in [-0.3, -0.25) is 9.63 Å². The summed E-state index contributed by atoms with van der Waals surface area (Å²) >= 11 is 0. The third-order valence-corrected chi connectivity index (χ3v) is 1.57. The molecular weight excluding hydrogens is 192 g/mol. The average Bonchev–Trinajstić information content (AvgIpc) is 2.13. The number of carbonyl (C=O) groups excluding carboxylic acids is 1. The molecule has 0 spiro atoms. The van der Waals surface area contributed by atoms with E-state index in [1.54, 1.807) is 12.1 Å². The zero-order valence-corrected chi connectivity index (χ0v) is 9.50. The van der Waals surface area contributed by atoms with Crippen molar-refractivity contribution in [2.45, 2.75) is 33.3 Å². The van der Waals surface area contributed by atoms with Gasteiger partial charge in [0.05, 0.1) is 5.60 Å². The number of pyridine rings is 1. The highest BCUT2D eigenvalue weighted by Gasteiger charge is 2.14. The topological polar surface area (TPSA) is 51.2 Å². The van der Waals surface area contributed by atoms with Gasteiger partial charge in [0.15, 0.2) is 0 Å². The minimum atomic E-state index is -0.403. The number of aromatic nitrogens is 1. The fourth-order valence-electron chi connectivity index (χ4n) is 0.921. The zero-order chi connectivity index (χ0) is 11.5. The normalized spacial score (nSPS) is 11.2. The Morgan fingerprint density at radius 2 is 2.07 bits per heavy atom. The molecule has 15 heavy (non-hydrogen) atoms. The lowest BCUT2D eigenvalue weighted by Crippen LogP contribution is -2.34. The number of hydroxylamine groups is 1. The van der Waals surface area contributed by atoms with Gasteiger partial charge in [0, 0.05) is 5.69 Å². The lowest BCUT2D eigenvalue weighted by Gasteiger charge is -2.18. The molecule has 0 aliphatic rings. The summed E-state index contributed by atoms with van der Waals surface area (Å²) in [4.78, 5) is 20.8. The number of nitrogens with zero attached hydrogens (tertiary/aromatic N) is 1. The van der Waals surface area contributed by atoms with E-state index in [1.165, 1.54) is 0 Å². The Labute approximate surface area is 89.6 Å². The molecule has 1 aromatic rings. The van der Waals surface area contributed by atoms with Crippen molar-refractivity contribution >= 4 is 5.91 Å². The van der Waals surface area contributed by atoms with Crippen LogP contribution in [0.5, 0.6) is 0 Å². The lowest BCUT2D eigenvalue weighted by atomic mass is 10.2. The molecule has 4 heteroatoms. The molecule has 0 aliphatic carbocycles. The molecule has 1 rings (SSSR count). The van der Waals surface area contributed by atoms with Crippen molar-refractivity contribution in [2.24, 2.45) is 0 Å². The largest absolute Gasteiger partial charge is 0.293 e. The summed E-state index contributed by atoms with van der Waals surface area (Å²) in [5.74, 6) is -0.325. The van der Waals surface area contributed by atoms with E-state index < -0.39 is 5.60 Å². The van der Waals surface area contributed by atoms with Gasteiger partial charge in [-0.05, 0) is 39.8 Å². The smallest absolute Gasteiger partial charge is 0.268 e. The van der Waals surface area contributed by atoms with Crippen LogP contribution in [0.1, 0.15) is 37.0 Å². The first kappa shape index (κ1) is 11.7. The molecule has 0 unspecified atom stereocenters. The van der Waals surface area contributed by atoms with Gasteiger partial charge in [-0.15, -0.1) is 0 Å². The number of hydrogen-bond acceptors (Lipinski definition) is 3. The number of hydrogen-bond donors (Lipinski definition) is 1. The van der Waals surface area contributed by atoms with E-state index in [0.29, 0.717) is 5.69 Å². The van der Waals surface area contributed by atoms with E-state index in [1.807, 2.05) is 33.8 Å². The van der Waals surface area contributed by atoms with Crippen molar-refractivity contribution < 1.29 is 9.63 Å². The molecule has 1 heterocycles. The Hall–Kier alpha value is -1.42. The SMILES string of the molecule is Cc1cccc(C(=O)NOC(C)(C)C)n1. The van der Waals surface area contributed by atoms with Crippen LogP contribution in [0.25, 0.3) is 0 Å². The van der Waals surface area contributed by atoms with Crippen LogP contribution < -0.4 is 5.48 Å². The van der Waals surface area contributed by atoms with Crippen molar-refractivity contribution in [3.8, 4) is 0 Å². The molecule has 0 atom stereocenters. The van der Waals surface area contributed by atoms with E-state index in [0.717, 1.165) is 5.69 Å². The van der Waals surface area contributed by atoms with Crippen LogP contribution >= 0.6 is 0 Å². The van der Waals surface area contributed by atoms with Gasteiger partial charge in [-0.1, -0.05) is 6.07 Å². The minimum Gasteiger partial charge on any atom is -0.268 e. The second kappa shape index (κ2) is 4.40. The monoisotopic (exact) mass is 208 g/mol. The quantitative estimate of drug-likeness (QED) is 0.754. The summed E-state index contributed by atoms with van der Waals surface area (Å²) in [5.41, 5.74) is 3.13. The molecule has 1 N–H and O–H groups in total. The maximum Gasteiger partial charge on any atom is 0.293 e. The molecule has 0 fully saturated rings. The maximum atomic E-state index is 11.5. The molecule has 1 amide bonds. The zero-order valence-electron chi connectivity index (χ0n) is 9.50. The number of nitrogens with one attached hydrogen (secondary N) is 1. The van der Waals surface area contributed by atoms with Gasteiger partial charge < -0.3 is 0 Å². The van der Waals surface area contributed by atoms with Crippen molar-refractivity contribution in [1.29, 1.82) is 0 Å². The number of aryl methyl sites for hydroxylation is 1. The van der Waals surface area contributed by atoms with E-state index in [2.05, 4.69) is 10.5 Å². The Morgan fingerprint density at radius 1 is 1.40 bits per heavy atom. The Balaban J connectivity index is 2.62. The third-order valence-electron chi connectivity index (χ3n) is 1.57. The molecule has 4 nitrogen and oxygen atoms in total. The highest BCUT2D eigenvalue weighted by Crippen LogP contribution is 2.05. The second-order valence-corrected chi connectivity index (χ2v) is 4.31. The highest BCUT2D eigenvalue weighted by molar-refractivity contribution is 5.91. The van der Waals surface area contributed by atoms with Gasteiger partial charge in [0.2, 0.25) is 0 Å². The second-order valence-electron chi connectivity index (χ2n) is 4.31. The molecule has 0 radical (unpaired) electrons. The molecule has 82 valence electrons. The van der Waals surface area contributed by atoms with E-state index in [9.17, 15) is 4.79 Å². The summed E-state index contributed by atoms with van der Waals surface area (Å²) in [6.45, 7) is 7.41.